The zero-order chi connectivity index (χ0) is 14.8. The molecular formula is C16H28O4. The van der Waals surface area contributed by atoms with E-state index in [4.69, 9.17) is 9.84 Å². The van der Waals surface area contributed by atoms with E-state index in [1.807, 2.05) is 0 Å². The fourth-order valence-corrected chi connectivity index (χ4v) is 2.72. The van der Waals surface area contributed by atoms with E-state index in [1.54, 1.807) is 0 Å². The second kappa shape index (κ2) is 9.78. The van der Waals surface area contributed by atoms with E-state index in [0.717, 1.165) is 12.8 Å². The average molecular weight is 284 g/mol. The first-order chi connectivity index (χ1) is 9.63. The molecule has 1 rings (SSSR count). The van der Waals surface area contributed by atoms with Gasteiger partial charge in [0.25, 0.3) is 0 Å². The summed E-state index contributed by atoms with van der Waals surface area (Å²) in [7, 11) is 0. The van der Waals surface area contributed by atoms with Gasteiger partial charge in [0.2, 0.25) is 0 Å². The molecule has 1 aliphatic carbocycles. The van der Waals surface area contributed by atoms with Gasteiger partial charge in [0.15, 0.2) is 0 Å². The molecule has 0 bridgehead atoms. The largest absolute Gasteiger partial charge is 0.481 e. The molecule has 1 fully saturated rings. The highest BCUT2D eigenvalue weighted by Gasteiger charge is 2.27. The predicted octanol–water partition coefficient (Wildman–Crippen LogP) is 3.92. The Kier molecular flexibility index (Phi) is 8.31. The highest BCUT2D eigenvalue weighted by molar-refractivity contribution is 5.70. The maximum absolute atomic E-state index is 11.7. The Bertz CT molecular complexity index is 293. The third kappa shape index (κ3) is 6.92. The summed E-state index contributed by atoms with van der Waals surface area (Å²) >= 11 is 0. The van der Waals surface area contributed by atoms with Crippen LogP contribution in [0, 0.1) is 5.92 Å². The SMILES string of the molecule is CCCCCCCCC(=O)OC1CCC(C(=O)O)CC1. The maximum Gasteiger partial charge on any atom is 0.306 e. The van der Waals surface area contributed by atoms with E-state index >= 15 is 0 Å². The zero-order valence-electron chi connectivity index (χ0n) is 12.6. The van der Waals surface area contributed by atoms with E-state index in [2.05, 4.69) is 6.92 Å². The summed E-state index contributed by atoms with van der Waals surface area (Å²) in [5.41, 5.74) is 0. The van der Waals surface area contributed by atoms with Gasteiger partial charge in [-0.2, -0.15) is 0 Å². The number of carbonyl (C=O) groups excluding carboxylic acids is 1. The molecule has 4 heteroatoms. The molecule has 116 valence electrons. The fourth-order valence-electron chi connectivity index (χ4n) is 2.72. The Labute approximate surface area is 121 Å². The van der Waals surface area contributed by atoms with Crippen LogP contribution in [-0.4, -0.2) is 23.1 Å². The molecule has 0 saturated heterocycles. The lowest BCUT2D eigenvalue weighted by Gasteiger charge is -2.25. The molecule has 0 unspecified atom stereocenters. The third-order valence-corrected chi connectivity index (χ3v) is 4.06. The first kappa shape index (κ1) is 17.0. The van der Waals surface area contributed by atoms with Crippen LogP contribution in [0.15, 0.2) is 0 Å². The smallest absolute Gasteiger partial charge is 0.306 e. The van der Waals surface area contributed by atoms with Crippen LogP contribution in [0.3, 0.4) is 0 Å². The number of hydrogen-bond acceptors (Lipinski definition) is 3. The highest BCUT2D eigenvalue weighted by Crippen LogP contribution is 2.26. The van der Waals surface area contributed by atoms with Crippen LogP contribution in [0.1, 0.15) is 77.6 Å². The quantitative estimate of drug-likeness (QED) is 0.515. The van der Waals surface area contributed by atoms with E-state index in [9.17, 15) is 9.59 Å². The highest BCUT2D eigenvalue weighted by atomic mass is 16.5. The molecule has 0 radical (unpaired) electrons. The number of carbonyl (C=O) groups is 2. The van der Waals surface area contributed by atoms with E-state index < -0.39 is 5.97 Å². The number of carboxylic acids is 1. The van der Waals surface area contributed by atoms with Gasteiger partial charge in [0, 0.05) is 6.42 Å². The summed E-state index contributed by atoms with van der Waals surface area (Å²) in [6, 6.07) is 0. The van der Waals surface area contributed by atoms with Crippen molar-refractivity contribution in [2.45, 2.75) is 83.7 Å². The van der Waals surface area contributed by atoms with Crippen molar-refractivity contribution in [3.8, 4) is 0 Å². The normalized spacial score (nSPS) is 22.4. The van der Waals surface area contributed by atoms with Gasteiger partial charge in [-0.1, -0.05) is 39.0 Å². The summed E-state index contributed by atoms with van der Waals surface area (Å²) in [6.45, 7) is 2.19. The van der Waals surface area contributed by atoms with Gasteiger partial charge < -0.3 is 9.84 Å². The molecule has 1 aliphatic rings. The number of rotatable bonds is 9. The Balaban J connectivity index is 2.04. The summed E-state index contributed by atoms with van der Waals surface area (Å²) in [4.78, 5) is 22.5. The molecule has 20 heavy (non-hydrogen) atoms. The lowest BCUT2D eigenvalue weighted by atomic mass is 9.87. The first-order valence-electron chi connectivity index (χ1n) is 8.05. The van der Waals surface area contributed by atoms with Crippen molar-refractivity contribution in [2.24, 2.45) is 5.92 Å². The third-order valence-electron chi connectivity index (χ3n) is 4.06. The maximum atomic E-state index is 11.7. The van der Waals surface area contributed by atoms with Crippen molar-refractivity contribution in [1.82, 2.24) is 0 Å². The predicted molar refractivity (Wildman–Crippen MR) is 77.5 cm³/mol. The molecule has 1 N–H and O–H groups in total. The van der Waals surface area contributed by atoms with Crippen molar-refractivity contribution >= 4 is 11.9 Å². The summed E-state index contributed by atoms with van der Waals surface area (Å²) in [5, 5.41) is 8.90. The van der Waals surface area contributed by atoms with Gasteiger partial charge in [-0.3, -0.25) is 9.59 Å². The van der Waals surface area contributed by atoms with E-state index in [0.29, 0.717) is 32.1 Å². The molecule has 0 aromatic heterocycles. The number of aliphatic carboxylic acids is 1. The summed E-state index contributed by atoms with van der Waals surface area (Å²) in [5.74, 6) is -1.08. The van der Waals surface area contributed by atoms with Crippen molar-refractivity contribution in [1.29, 1.82) is 0 Å². The van der Waals surface area contributed by atoms with Crippen molar-refractivity contribution < 1.29 is 19.4 Å². The minimum Gasteiger partial charge on any atom is -0.481 e. The fraction of sp³-hybridized carbons (Fsp3) is 0.875. The molecule has 0 spiro atoms. The molecular weight excluding hydrogens is 256 g/mol. The van der Waals surface area contributed by atoms with Crippen molar-refractivity contribution in [3.05, 3.63) is 0 Å². The number of hydrogen-bond donors (Lipinski definition) is 1. The number of ether oxygens (including phenoxy) is 1. The van der Waals surface area contributed by atoms with Gasteiger partial charge in [-0.05, 0) is 32.1 Å². The average Bonchev–Trinajstić information content (AvgIpc) is 2.43. The number of carboxylic acid groups (broad SMARTS) is 1. The molecule has 0 atom stereocenters. The Hall–Kier alpha value is -1.06. The second-order valence-corrected chi connectivity index (χ2v) is 5.82. The minimum absolute atomic E-state index is 0.0572. The lowest BCUT2D eigenvalue weighted by Crippen LogP contribution is -2.27. The summed E-state index contributed by atoms with van der Waals surface area (Å²) < 4.78 is 5.42. The number of esters is 1. The van der Waals surface area contributed by atoms with Gasteiger partial charge >= 0.3 is 11.9 Å². The Morgan fingerprint density at radius 2 is 1.60 bits per heavy atom. The molecule has 0 heterocycles. The number of unbranched alkanes of at least 4 members (excludes halogenated alkanes) is 5. The van der Waals surface area contributed by atoms with Crippen molar-refractivity contribution in [3.63, 3.8) is 0 Å². The standard InChI is InChI=1S/C16H28O4/c1-2-3-4-5-6-7-8-15(17)20-14-11-9-13(10-12-14)16(18)19/h13-14H,2-12H2,1H3,(H,18,19). The molecule has 0 amide bonds. The van der Waals surface area contributed by atoms with E-state index in [1.165, 1.54) is 25.7 Å². The van der Waals surface area contributed by atoms with Crippen molar-refractivity contribution in [2.75, 3.05) is 0 Å². The Morgan fingerprint density at radius 1 is 1.00 bits per heavy atom. The van der Waals surface area contributed by atoms with Crippen LogP contribution in [0.4, 0.5) is 0 Å². The monoisotopic (exact) mass is 284 g/mol. The molecule has 4 nitrogen and oxygen atoms in total. The van der Waals surface area contributed by atoms with Crippen LogP contribution in [0.2, 0.25) is 0 Å². The minimum atomic E-state index is -0.721. The lowest BCUT2D eigenvalue weighted by molar-refractivity contribution is -0.152. The summed E-state index contributed by atoms with van der Waals surface area (Å²) in [6.07, 6.45) is 10.1. The van der Waals surface area contributed by atoms with Gasteiger partial charge in [0.1, 0.15) is 6.10 Å². The zero-order valence-corrected chi connectivity index (χ0v) is 12.6. The van der Waals surface area contributed by atoms with Crippen LogP contribution in [0.5, 0.6) is 0 Å². The Morgan fingerprint density at radius 3 is 2.20 bits per heavy atom. The molecule has 1 saturated carbocycles. The first-order valence-corrected chi connectivity index (χ1v) is 8.05. The molecule has 0 aromatic rings. The van der Waals surface area contributed by atoms with Crippen LogP contribution in [-0.2, 0) is 14.3 Å². The van der Waals surface area contributed by atoms with E-state index in [-0.39, 0.29) is 18.0 Å². The van der Waals surface area contributed by atoms with Gasteiger partial charge in [0.05, 0.1) is 5.92 Å². The second-order valence-electron chi connectivity index (χ2n) is 5.82. The molecule has 0 aromatic carbocycles. The van der Waals surface area contributed by atoms with Gasteiger partial charge in [-0.25, -0.2) is 0 Å². The molecule has 0 aliphatic heterocycles. The van der Waals surface area contributed by atoms with Crippen LogP contribution in [0.25, 0.3) is 0 Å². The topological polar surface area (TPSA) is 63.6 Å². The van der Waals surface area contributed by atoms with Crippen LogP contribution < -0.4 is 0 Å². The van der Waals surface area contributed by atoms with Gasteiger partial charge in [-0.15, -0.1) is 0 Å². The van der Waals surface area contributed by atoms with Crippen LogP contribution >= 0.6 is 0 Å².